The number of rotatable bonds is 7. The van der Waals surface area contributed by atoms with Gasteiger partial charge in [0.25, 0.3) is 0 Å². The molecule has 1 aliphatic carbocycles. The maximum Gasteiger partial charge on any atom is 0.315 e. The van der Waals surface area contributed by atoms with E-state index < -0.39 is 0 Å². The minimum absolute atomic E-state index is 0.0155. The van der Waals surface area contributed by atoms with Gasteiger partial charge in [-0.3, -0.25) is 0 Å². The minimum atomic E-state index is -0.203. The normalized spacial score (nSPS) is 16.4. The van der Waals surface area contributed by atoms with Crippen molar-refractivity contribution in [3.05, 3.63) is 33.3 Å². The van der Waals surface area contributed by atoms with E-state index in [1.807, 2.05) is 6.07 Å². The van der Waals surface area contributed by atoms with E-state index in [1.165, 1.54) is 0 Å². The molecule has 1 aromatic carbocycles. The van der Waals surface area contributed by atoms with Crippen LogP contribution < -0.4 is 10.6 Å². The van der Waals surface area contributed by atoms with E-state index in [4.69, 9.17) is 33.0 Å². The largest absolute Gasteiger partial charge is 0.394 e. The minimum Gasteiger partial charge on any atom is -0.394 e. The summed E-state index contributed by atoms with van der Waals surface area (Å²) in [6, 6.07) is 3.45. The van der Waals surface area contributed by atoms with Crippen molar-refractivity contribution in [2.24, 2.45) is 0 Å². The first kappa shape index (κ1) is 17.3. The molecule has 0 fully saturated rings. The SMILES string of the molecule is O=C(NCCCOCCO)NC1CCc2c1ccc(Cl)c2Cl. The van der Waals surface area contributed by atoms with Crippen LogP contribution in [0.15, 0.2) is 12.1 Å². The number of nitrogens with one attached hydrogen (secondary N) is 2. The Morgan fingerprint density at radius 2 is 2.18 bits per heavy atom. The first-order chi connectivity index (χ1) is 10.6. The van der Waals surface area contributed by atoms with E-state index in [1.54, 1.807) is 6.07 Å². The Morgan fingerprint density at radius 1 is 1.36 bits per heavy atom. The van der Waals surface area contributed by atoms with Gasteiger partial charge in [0.05, 0.1) is 29.3 Å². The van der Waals surface area contributed by atoms with Gasteiger partial charge in [-0.2, -0.15) is 0 Å². The average Bonchev–Trinajstić information content (AvgIpc) is 2.90. The molecule has 2 rings (SSSR count). The molecule has 0 aliphatic heterocycles. The first-order valence-corrected chi connectivity index (χ1v) is 8.08. The Balaban J connectivity index is 1.77. The van der Waals surface area contributed by atoms with Crippen molar-refractivity contribution in [2.45, 2.75) is 25.3 Å². The molecule has 22 heavy (non-hydrogen) atoms. The fraction of sp³-hybridized carbons (Fsp3) is 0.533. The molecule has 0 aromatic heterocycles. The lowest BCUT2D eigenvalue weighted by Crippen LogP contribution is -2.38. The third-order valence-electron chi connectivity index (χ3n) is 3.58. The topological polar surface area (TPSA) is 70.6 Å². The summed E-state index contributed by atoms with van der Waals surface area (Å²) in [6.07, 6.45) is 2.34. The maximum atomic E-state index is 11.9. The molecule has 7 heteroatoms. The van der Waals surface area contributed by atoms with Gasteiger partial charge in [-0.1, -0.05) is 29.3 Å². The lowest BCUT2D eigenvalue weighted by Gasteiger charge is -2.15. The van der Waals surface area contributed by atoms with Crippen LogP contribution in [-0.4, -0.2) is 37.5 Å². The molecule has 0 bridgehead atoms. The molecule has 1 aliphatic rings. The molecule has 0 heterocycles. The molecule has 1 unspecified atom stereocenters. The number of aliphatic hydroxyl groups is 1. The van der Waals surface area contributed by atoms with Crippen LogP contribution in [0.2, 0.25) is 10.0 Å². The summed E-state index contributed by atoms with van der Waals surface area (Å²) in [6.45, 7) is 1.38. The molecular weight excluding hydrogens is 327 g/mol. The van der Waals surface area contributed by atoms with Crippen LogP contribution in [0, 0.1) is 0 Å². The van der Waals surface area contributed by atoms with Crippen LogP contribution >= 0.6 is 23.2 Å². The van der Waals surface area contributed by atoms with Crippen molar-refractivity contribution in [3.63, 3.8) is 0 Å². The van der Waals surface area contributed by atoms with E-state index in [2.05, 4.69) is 10.6 Å². The number of hydrogen-bond donors (Lipinski definition) is 3. The molecule has 3 N–H and O–H groups in total. The number of hydrogen-bond acceptors (Lipinski definition) is 3. The highest BCUT2D eigenvalue weighted by molar-refractivity contribution is 6.42. The lowest BCUT2D eigenvalue weighted by atomic mass is 10.1. The molecule has 2 amide bonds. The Morgan fingerprint density at radius 3 is 2.95 bits per heavy atom. The van der Waals surface area contributed by atoms with Gasteiger partial charge in [-0.15, -0.1) is 0 Å². The number of carbonyl (C=O) groups excluding carboxylic acids is 1. The van der Waals surface area contributed by atoms with E-state index in [-0.39, 0.29) is 18.7 Å². The zero-order chi connectivity index (χ0) is 15.9. The lowest BCUT2D eigenvalue weighted by molar-refractivity contribution is 0.0909. The van der Waals surface area contributed by atoms with Gasteiger partial charge < -0.3 is 20.5 Å². The zero-order valence-corrected chi connectivity index (χ0v) is 13.7. The number of halogens is 2. The molecule has 0 spiro atoms. The molecule has 0 saturated heterocycles. The van der Waals surface area contributed by atoms with Crippen molar-refractivity contribution in [1.29, 1.82) is 0 Å². The third kappa shape index (κ3) is 4.49. The Hall–Kier alpha value is -1.01. The highest BCUT2D eigenvalue weighted by atomic mass is 35.5. The van der Waals surface area contributed by atoms with Crippen LogP contribution in [0.25, 0.3) is 0 Å². The van der Waals surface area contributed by atoms with Gasteiger partial charge in [0, 0.05) is 13.2 Å². The van der Waals surface area contributed by atoms with Crippen molar-refractivity contribution >= 4 is 29.2 Å². The van der Waals surface area contributed by atoms with Crippen molar-refractivity contribution < 1.29 is 14.6 Å². The van der Waals surface area contributed by atoms with Gasteiger partial charge in [-0.25, -0.2) is 4.79 Å². The van der Waals surface area contributed by atoms with Gasteiger partial charge >= 0.3 is 6.03 Å². The smallest absolute Gasteiger partial charge is 0.315 e. The number of aliphatic hydroxyl groups excluding tert-OH is 1. The predicted molar refractivity (Wildman–Crippen MR) is 86.6 cm³/mol. The second-order valence-corrected chi connectivity index (χ2v) is 5.90. The summed E-state index contributed by atoms with van der Waals surface area (Å²) >= 11 is 12.2. The first-order valence-electron chi connectivity index (χ1n) is 7.33. The fourth-order valence-corrected chi connectivity index (χ4v) is 2.98. The highest BCUT2D eigenvalue weighted by Crippen LogP contribution is 2.38. The third-order valence-corrected chi connectivity index (χ3v) is 4.43. The molecule has 5 nitrogen and oxygen atoms in total. The number of benzene rings is 1. The quantitative estimate of drug-likeness (QED) is 0.664. The van der Waals surface area contributed by atoms with Gasteiger partial charge in [0.15, 0.2) is 0 Å². The van der Waals surface area contributed by atoms with Crippen molar-refractivity contribution in [1.82, 2.24) is 10.6 Å². The molecule has 1 aromatic rings. The Bertz CT molecular complexity index is 526. The van der Waals surface area contributed by atoms with Gasteiger partial charge in [-0.05, 0) is 36.5 Å². The predicted octanol–water partition coefficient (Wildman–Crippen LogP) is 2.68. The van der Waals surface area contributed by atoms with Crippen LogP contribution in [-0.2, 0) is 11.2 Å². The van der Waals surface area contributed by atoms with E-state index in [9.17, 15) is 4.79 Å². The monoisotopic (exact) mass is 346 g/mol. The summed E-state index contributed by atoms with van der Waals surface area (Å²) in [5, 5.41) is 15.4. The number of ether oxygens (including phenoxy) is 1. The Labute approximate surface area is 139 Å². The number of urea groups is 1. The van der Waals surface area contributed by atoms with Crippen LogP contribution in [0.5, 0.6) is 0 Å². The van der Waals surface area contributed by atoms with E-state index >= 15 is 0 Å². The second-order valence-electron chi connectivity index (χ2n) is 5.11. The summed E-state index contributed by atoms with van der Waals surface area (Å²) in [5.74, 6) is 0. The molecular formula is C15H20Cl2N2O3. The van der Waals surface area contributed by atoms with Crippen LogP contribution in [0.4, 0.5) is 4.79 Å². The van der Waals surface area contributed by atoms with Gasteiger partial charge in [0.1, 0.15) is 0 Å². The molecule has 1 atom stereocenters. The molecule has 122 valence electrons. The highest BCUT2D eigenvalue weighted by Gasteiger charge is 2.26. The number of amides is 2. The van der Waals surface area contributed by atoms with Crippen molar-refractivity contribution in [3.8, 4) is 0 Å². The second kappa shape index (κ2) is 8.58. The summed E-state index contributed by atoms with van der Waals surface area (Å²) in [5.41, 5.74) is 2.06. The zero-order valence-electron chi connectivity index (χ0n) is 12.2. The molecule has 0 radical (unpaired) electrons. The van der Waals surface area contributed by atoms with Crippen LogP contribution in [0.3, 0.4) is 0 Å². The van der Waals surface area contributed by atoms with E-state index in [0.717, 1.165) is 24.0 Å². The van der Waals surface area contributed by atoms with Gasteiger partial charge in [0.2, 0.25) is 0 Å². The summed E-state index contributed by atoms with van der Waals surface area (Å²) < 4.78 is 5.12. The summed E-state index contributed by atoms with van der Waals surface area (Å²) in [7, 11) is 0. The number of carbonyl (C=O) groups is 1. The summed E-state index contributed by atoms with van der Waals surface area (Å²) in [4.78, 5) is 11.9. The average molecular weight is 347 g/mol. The standard InChI is InChI=1S/C15H20Cl2N2O3/c16-12-4-2-10-11(14(12)17)3-5-13(10)19-15(21)18-6-1-8-22-9-7-20/h2,4,13,20H,1,3,5-9H2,(H2,18,19,21). The Kier molecular flexibility index (Phi) is 6.76. The van der Waals surface area contributed by atoms with Crippen molar-refractivity contribution in [2.75, 3.05) is 26.4 Å². The molecule has 0 saturated carbocycles. The maximum absolute atomic E-state index is 11.9. The fourth-order valence-electron chi connectivity index (χ4n) is 2.53. The number of fused-ring (bicyclic) bond motifs is 1. The van der Waals surface area contributed by atoms with E-state index in [0.29, 0.717) is 36.2 Å². The van der Waals surface area contributed by atoms with Crippen LogP contribution in [0.1, 0.15) is 30.0 Å².